The van der Waals surface area contributed by atoms with E-state index < -0.39 is 4.92 Å². The Kier molecular flexibility index (Phi) is 4.92. The second-order valence-corrected chi connectivity index (χ2v) is 4.05. The molecule has 7 heteroatoms. The fraction of sp³-hybridized carbons (Fsp3) is 0.214. The molecular weight excluding hydrogens is 274 g/mol. The highest BCUT2D eigenvalue weighted by Crippen LogP contribution is 2.25. The summed E-state index contributed by atoms with van der Waals surface area (Å²) in [6.07, 6.45) is 1.50. The molecule has 0 atom stereocenters. The van der Waals surface area contributed by atoms with Gasteiger partial charge in [-0.05, 0) is 18.2 Å². The van der Waals surface area contributed by atoms with Crippen LogP contribution >= 0.6 is 0 Å². The number of ether oxygens (including phenoxy) is 2. The van der Waals surface area contributed by atoms with Gasteiger partial charge in [-0.1, -0.05) is 12.1 Å². The number of rotatable bonds is 7. The maximum Gasteiger partial charge on any atom is 0.311 e. The van der Waals surface area contributed by atoms with Gasteiger partial charge in [-0.15, -0.1) is 0 Å². The van der Waals surface area contributed by atoms with Crippen LogP contribution < -0.4 is 14.8 Å². The van der Waals surface area contributed by atoms with Crippen molar-refractivity contribution in [3.63, 3.8) is 0 Å². The molecule has 1 N–H and O–H groups in total. The van der Waals surface area contributed by atoms with Crippen molar-refractivity contribution in [1.29, 1.82) is 0 Å². The average molecular weight is 289 g/mol. The van der Waals surface area contributed by atoms with Crippen molar-refractivity contribution in [2.24, 2.45) is 0 Å². The summed E-state index contributed by atoms with van der Waals surface area (Å²) in [6, 6.07) is 10.2. The number of pyridine rings is 1. The van der Waals surface area contributed by atoms with Gasteiger partial charge in [-0.2, -0.15) is 0 Å². The number of nitro groups is 1. The smallest absolute Gasteiger partial charge is 0.311 e. The average Bonchev–Trinajstić information content (AvgIpc) is 2.52. The molecular formula is C14H15N3O4. The van der Waals surface area contributed by atoms with Gasteiger partial charge in [0.05, 0.1) is 18.6 Å². The monoisotopic (exact) mass is 289 g/mol. The van der Waals surface area contributed by atoms with Gasteiger partial charge < -0.3 is 14.8 Å². The highest BCUT2D eigenvalue weighted by molar-refractivity contribution is 5.55. The van der Waals surface area contributed by atoms with Crippen LogP contribution in [0, 0.1) is 10.1 Å². The van der Waals surface area contributed by atoms with Gasteiger partial charge in [0.25, 0.3) is 0 Å². The standard InChI is InChI=1S/C14H15N3O4/c1-20-12-6-2-3-7-13(12)21-10-9-16-14-11(17(18)19)5-4-8-15-14/h2-8H,9-10H2,1H3,(H,15,16). The minimum atomic E-state index is -0.476. The van der Waals surface area contributed by atoms with Crippen LogP contribution in [0.1, 0.15) is 0 Å². The molecule has 0 unspecified atom stereocenters. The predicted octanol–water partition coefficient (Wildman–Crippen LogP) is 2.49. The number of hydrogen-bond donors (Lipinski definition) is 1. The summed E-state index contributed by atoms with van der Waals surface area (Å²) in [5.74, 6) is 1.49. The van der Waals surface area contributed by atoms with Crippen LogP contribution in [0.25, 0.3) is 0 Å². The summed E-state index contributed by atoms with van der Waals surface area (Å²) in [7, 11) is 1.57. The minimum absolute atomic E-state index is 0.0604. The first-order chi connectivity index (χ1) is 10.2. The van der Waals surface area contributed by atoms with E-state index in [0.29, 0.717) is 24.7 Å². The summed E-state index contributed by atoms with van der Waals surface area (Å²) in [5, 5.41) is 13.7. The fourth-order valence-electron chi connectivity index (χ4n) is 1.75. The molecule has 2 aromatic rings. The Bertz CT molecular complexity index is 619. The van der Waals surface area contributed by atoms with Crippen LogP contribution in [0.15, 0.2) is 42.6 Å². The molecule has 0 spiro atoms. The second kappa shape index (κ2) is 7.09. The molecule has 0 saturated carbocycles. The second-order valence-electron chi connectivity index (χ2n) is 4.05. The largest absolute Gasteiger partial charge is 0.493 e. The lowest BCUT2D eigenvalue weighted by atomic mass is 10.3. The number of anilines is 1. The summed E-state index contributed by atoms with van der Waals surface area (Å²) >= 11 is 0. The van der Waals surface area contributed by atoms with Crippen LogP contribution in [0.2, 0.25) is 0 Å². The first-order valence-corrected chi connectivity index (χ1v) is 6.31. The Morgan fingerprint density at radius 1 is 1.24 bits per heavy atom. The summed E-state index contributed by atoms with van der Waals surface area (Å²) in [5.41, 5.74) is -0.0604. The highest BCUT2D eigenvalue weighted by Gasteiger charge is 2.13. The highest BCUT2D eigenvalue weighted by atomic mass is 16.6. The Labute approximate surface area is 121 Å². The molecule has 0 fully saturated rings. The molecule has 0 amide bonds. The lowest BCUT2D eigenvalue weighted by Gasteiger charge is -2.11. The molecule has 0 saturated heterocycles. The number of nitrogens with one attached hydrogen (secondary N) is 1. The van der Waals surface area contributed by atoms with Gasteiger partial charge >= 0.3 is 5.69 Å². The Balaban J connectivity index is 1.89. The minimum Gasteiger partial charge on any atom is -0.493 e. The maximum absolute atomic E-state index is 10.8. The van der Waals surface area contributed by atoms with Gasteiger partial charge in [0.1, 0.15) is 6.61 Å². The van der Waals surface area contributed by atoms with E-state index in [9.17, 15) is 10.1 Å². The van der Waals surface area contributed by atoms with Crippen molar-refractivity contribution in [1.82, 2.24) is 4.98 Å². The molecule has 2 rings (SSSR count). The molecule has 0 aliphatic carbocycles. The lowest BCUT2D eigenvalue weighted by Crippen LogP contribution is -2.13. The molecule has 0 bridgehead atoms. The molecule has 1 aromatic heterocycles. The first-order valence-electron chi connectivity index (χ1n) is 6.31. The van der Waals surface area contributed by atoms with Gasteiger partial charge in [0.15, 0.2) is 11.5 Å². The quantitative estimate of drug-likeness (QED) is 0.479. The molecule has 110 valence electrons. The van der Waals surface area contributed by atoms with Crippen LogP contribution in [0.3, 0.4) is 0 Å². The molecule has 1 aromatic carbocycles. The first kappa shape index (κ1) is 14.6. The summed E-state index contributed by atoms with van der Waals surface area (Å²) in [4.78, 5) is 14.3. The predicted molar refractivity (Wildman–Crippen MR) is 77.9 cm³/mol. The molecule has 0 aliphatic rings. The number of hydrogen-bond acceptors (Lipinski definition) is 6. The Morgan fingerprint density at radius 3 is 2.71 bits per heavy atom. The lowest BCUT2D eigenvalue weighted by molar-refractivity contribution is -0.384. The normalized spacial score (nSPS) is 9.95. The van der Waals surface area contributed by atoms with E-state index in [1.165, 1.54) is 18.3 Å². The number of aromatic nitrogens is 1. The summed E-state index contributed by atoms with van der Waals surface area (Å²) < 4.78 is 10.7. The van der Waals surface area contributed by atoms with E-state index in [-0.39, 0.29) is 11.5 Å². The van der Waals surface area contributed by atoms with Crippen molar-refractivity contribution in [2.45, 2.75) is 0 Å². The number of methoxy groups -OCH3 is 1. The third-order valence-electron chi connectivity index (χ3n) is 2.70. The van der Waals surface area contributed by atoms with Crippen molar-refractivity contribution >= 4 is 11.5 Å². The van der Waals surface area contributed by atoms with Crippen molar-refractivity contribution in [2.75, 3.05) is 25.6 Å². The zero-order valence-electron chi connectivity index (χ0n) is 11.5. The summed E-state index contributed by atoms with van der Waals surface area (Å²) in [6.45, 7) is 0.712. The van der Waals surface area contributed by atoms with Crippen LogP contribution in [-0.4, -0.2) is 30.2 Å². The van der Waals surface area contributed by atoms with Crippen molar-refractivity contribution in [3.8, 4) is 11.5 Å². The van der Waals surface area contributed by atoms with E-state index in [1.54, 1.807) is 19.2 Å². The van der Waals surface area contributed by atoms with Gasteiger partial charge in [-0.3, -0.25) is 10.1 Å². The third kappa shape index (κ3) is 3.82. The van der Waals surface area contributed by atoms with Gasteiger partial charge in [0, 0.05) is 12.3 Å². The van der Waals surface area contributed by atoms with Crippen molar-refractivity contribution in [3.05, 3.63) is 52.7 Å². The van der Waals surface area contributed by atoms with E-state index in [2.05, 4.69) is 10.3 Å². The van der Waals surface area contributed by atoms with Crippen LogP contribution in [0.4, 0.5) is 11.5 Å². The molecule has 7 nitrogen and oxygen atoms in total. The number of benzene rings is 1. The van der Waals surface area contributed by atoms with E-state index in [1.807, 2.05) is 12.1 Å². The van der Waals surface area contributed by atoms with E-state index >= 15 is 0 Å². The zero-order chi connectivity index (χ0) is 15.1. The van der Waals surface area contributed by atoms with Crippen LogP contribution in [0.5, 0.6) is 11.5 Å². The number of para-hydroxylation sites is 2. The molecule has 0 aliphatic heterocycles. The number of nitrogens with zero attached hydrogens (tertiary/aromatic N) is 2. The van der Waals surface area contributed by atoms with Gasteiger partial charge in [0.2, 0.25) is 5.82 Å². The van der Waals surface area contributed by atoms with Crippen LogP contribution in [-0.2, 0) is 0 Å². The Hall–Kier alpha value is -2.83. The zero-order valence-corrected chi connectivity index (χ0v) is 11.5. The van der Waals surface area contributed by atoms with E-state index in [4.69, 9.17) is 9.47 Å². The third-order valence-corrected chi connectivity index (χ3v) is 2.70. The molecule has 21 heavy (non-hydrogen) atoms. The molecule has 0 radical (unpaired) electrons. The van der Waals surface area contributed by atoms with Crippen molar-refractivity contribution < 1.29 is 14.4 Å². The topological polar surface area (TPSA) is 86.5 Å². The Morgan fingerprint density at radius 2 is 2.00 bits per heavy atom. The maximum atomic E-state index is 10.8. The fourth-order valence-corrected chi connectivity index (χ4v) is 1.75. The molecule has 1 heterocycles. The van der Waals surface area contributed by atoms with Gasteiger partial charge in [-0.25, -0.2) is 4.98 Å². The van der Waals surface area contributed by atoms with E-state index in [0.717, 1.165) is 0 Å². The SMILES string of the molecule is COc1ccccc1OCCNc1ncccc1[N+](=O)[O-].